The van der Waals surface area contributed by atoms with E-state index in [0.29, 0.717) is 23.0 Å². The summed E-state index contributed by atoms with van der Waals surface area (Å²) in [6, 6.07) is 25.8. The van der Waals surface area contributed by atoms with Crippen LogP contribution >= 0.6 is 61.1 Å². The summed E-state index contributed by atoms with van der Waals surface area (Å²) in [6.45, 7) is 0.455. The van der Waals surface area contributed by atoms with Crippen LogP contribution < -0.4 is 0 Å². The van der Waals surface area contributed by atoms with E-state index in [9.17, 15) is 8.78 Å². The van der Waals surface area contributed by atoms with E-state index in [1.807, 2.05) is 47.4 Å². The summed E-state index contributed by atoms with van der Waals surface area (Å²) in [5.74, 6) is -0.332. The van der Waals surface area contributed by atoms with Gasteiger partial charge in [-0.1, -0.05) is 52.3 Å². The first-order valence-electron chi connectivity index (χ1n) is 11.2. The van der Waals surface area contributed by atoms with Crippen molar-refractivity contribution in [2.24, 2.45) is 0 Å². The summed E-state index contributed by atoms with van der Waals surface area (Å²) in [5, 5.41) is 14.0. The first-order valence-corrected chi connectivity index (χ1v) is 14.4. The quantitative estimate of drug-likeness (QED) is 0.144. The van der Waals surface area contributed by atoms with E-state index >= 15 is 0 Å². The molecule has 1 N–H and O–H groups in total. The highest BCUT2D eigenvalue weighted by atomic mass is 127. The number of fused-ring (bicyclic) bond motifs is 2. The van der Waals surface area contributed by atoms with Crippen LogP contribution in [0.3, 0.4) is 0 Å². The minimum absolute atomic E-state index is 0.144. The van der Waals surface area contributed by atoms with E-state index < -0.39 is 0 Å². The van der Waals surface area contributed by atoms with Crippen molar-refractivity contribution in [2.45, 2.75) is 11.9 Å². The highest BCUT2D eigenvalue weighted by Crippen LogP contribution is 2.19. The number of aromatic amines is 1. The minimum atomic E-state index is -0.188. The van der Waals surface area contributed by atoms with Crippen molar-refractivity contribution in [1.82, 2.24) is 20.0 Å². The van der Waals surface area contributed by atoms with Gasteiger partial charge in [0, 0.05) is 28.8 Å². The maximum Gasteiger partial charge on any atom is 0.128 e. The molecule has 0 unspecified atom stereocenters. The maximum absolute atomic E-state index is 13.6. The average Bonchev–Trinajstić information content (AvgIpc) is 3.53. The van der Waals surface area contributed by atoms with Crippen molar-refractivity contribution < 1.29 is 8.78 Å². The fraction of sp³-hybridized carbons (Fsp3) is 0.0714. The Kier molecular flexibility index (Phi) is 10.0. The van der Waals surface area contributed by atoms with Gasteiger partial charge >= 0.3 is 0 Å². The largest absolute Gasteiger partial charge is 0.278 e. The van der Waals surface area contributed by atoms with Gasteiger partial charge in [-0.05, 0) is 99.3 Å². The molecule has 2 heterocycles. The molecule has 0 aliphatic heterocycles. The lowest BCUT2D eigenvalue weighted by molar-refractivity contribution is 0.590. The molecule has 4 nitrogen and oxygen atoms in total. The van der Waals surface area contributed by atoms with Crippen LogP contribution in [0.4, 0.5) is 8.78 Å². The molecular formula is C28H21BrF2I2N4. The summed E-state index contributed by atoms with van der Waals surface area (Å²) in [4.78, 5) is 0. The number of hydrogen-bond acceptors (Lipinski definition) is 2. The van der Waals surface area contributed by atoms with Gasteiger partial charge in [-0.15, -0.1) is 0 Å². The van der Waals surface area contributed by atoms with Crippen LogP contribution in [0.5, 0.6) is 0 Å². The van der Waals surface area contributed by atoms with Crippen LogP contribution in [0, 0.1) is 18.8 Å². The first-order chi connectivity index (χ1) is 17.9. The Morgan fingerprint density at radius 2 is 1.38 bits per heavy atom. The normalized spacial score (nSPS) is 10.5. The molecule has 9 heteroatoms. The van der Waals surface area contributed by atoms with Gasteiger partial charge in [0.15, 0.2) is 0 Å². The monoisotopic (exact) mass is 784 g/mol. The summed E-state index contributed by atoms with van der Waals surface area (Å²) < 4.78 is 30.4. The number of hydrogen-bond donors (Lipinski definition) is 1. The summed E-state index contributed by atoms with van der Waals surface area (Å²) in [5.41, 5.74) is 3.48. The molecule has 37 heavy (non-hydrogen) atoms. The Morgan fingerprint density at radius 1 is 0.757 bits per heavy atom. The molecule has 0 amide bonds. The number of nitrogens with one attached hydrogen (secondary N) is 1. The number of nitrogens with zero attached hydrogens (tertiary/aromatic N) is 3. The van der Waals surface area contributed by atoms with Gasteiger partial charge in [0.25, 0.3) is 0 Å². The molecule has 0 aliphatic carbocycles. The van der Waals surface area contributed by atoms with Gasteiger partial charge in [0.2, 0.25) is 0 Å². The Hall–Kier alpha value is -2.38. The average molecular weight is 785 g/mol. The summed E-state index contributed by atoms with van der Waals surface area (Å²) >= 11 is 7.72. The summed E-state index contributed by atoms with van der Waals surface area (Å²) in [7, 11) is 0. The topological polar surface area (TPSA) is 46.5 Å². The molecule has 2 aromatic heterocycles. The first kappa shape index (κ1) is 27.6. The fourth-order valence-electron chi connectivity index (χ4n) is 3.49. The maximum atomic E-state index is 13.6. The molecule has 0 bridgehead atoms. The van der Waals surface area contributed by atoms with Crippen molar-refractivity contribution in [2.75, 3.05) is 0 Å². The molecule has 0 aliphatic rings. The third-order valence-corrected chi connectivity index (χ3v) is 7.33. The predicted molar refractivity (Wildman–Crippen MR) is 166 cm³/mol. The van der Waals surface area contributed by atoms with E-state index in [1.165, 1.54) is 24.7 Å². The lowest BCUT2D eigenvalue weighted by atomic mass is 10.2. The van der Waals surface area contributed by atoms with Crippen molar-refractivity contribution in [3.8, 4) is 0 Å². The Bertz CT molecular complexity index is 1620. The molecule has 188 valence electrons. The van der Waals surface area contributed by atoms with Gasteiger partial charge in [0.05, 0.1) is 30.0 Å². The van der Waals surface area contributed by atoms with Crippen molar-refractivity contribution >= 4 is 82.9 Å². The lowest BCUT2D eigenvalue weighted by Crippen LogP contribution is -2.03. The van der Waals surface area contributed by atoms with Gasteiger partial charge in [-0.2, -0.15) is 10.2 Å². The zero-order valence-electron chi connectivity index (χ0n) is 19.4. The van der Waals surface area contributed by atoms with E-state index in [-0.39, 0.29) is 11.6 Å². The zero-order valence-corrected chi connectivity index (χ0v) is 25.3. The lowest BCUT2D eigenvalue weighted by Gasteiger charge is -2.05. The zero-order chi connectivity index (χ0) is 26.2. The van der Waals surface area contributed by atoms with Gasteiger partial charge in [0.1, 0.15) is 11.6 Å². The molecule has 0 radical (unpaired) electrons. The molecule has 0 fully saturated rings. The van der Waals surface area contributed by atoms with Gasteiger partial charge in [-0.25, -0.2) is 8.78 Å². The van der Waals surface area contributed by atoms with Gasteiger partial charge < -0.3 is 0 Å². The van der Waals surface area contributed by atoms with E-state index in [1.54, 1.807) is 24.3 Å². The smallest absolute Gasteiger partial charge is 0.128 e. The second-order valence-electron chi connectivity index (χ2n) is 7.92. The number of aromatic nitrogens is 4. The fourth-order valence-corrected chi connectivity index (χ4v) is 4.98. The van der Waals surface area contributed by atoms with Crippen molar-refractivity contribution in [3.63, 3.8) is 0 Å². The van der Waals surface area contributed by atoms with E-state index in [2.05, 4.69) is 94.6 Å². The van der Waals surface area contributed by atoms with E-state index in [4.69, 9.17) is 0 Å². The molecule has 6 aromatic rings. The second kappa shape index (κ2) is 13.4. The number of rotatable bonds is 3. The minimum Gasteiger partial charge on any atom is -0.278 e. The third-order valence-electron chi connectivity index (χ3n) is 5.39. The second-order valence-corrected chi connectivity index (χ2v) is 11.0. The summed E-state index contributed by atoms with van der Waals surface area (Å²) in [6.07, 6.45) is 3.65. The molecule has 0 saturated heterocycles. The number of alkyl halides is 1. The van der Waals surface area contributed by atoms with E-state index in [0.717, 1.165) is 16.4 Å². The molecule has 0 atom stereocenters. The SMILES string of the molecule is Fc1ccccc1CBr.Fc1ccccc1Cn1ncc2cc(I)ccc21.Ic1ccc2[nH]ncc2c1. The van der Waals surface area contributed by atoms with Crippen LogP contribution in [0.25, 0.3) is 21.8 Å². The Balaban J connectivity index is 0.000000143. The van der Waals surface area contributed by atoms with Gasteiger partial charge in [-0.3, -0.25) is 9.78 Å². The van der Waals surface area contributed by atoms with Crippen LogP contribution in [-0.4, -0.2) is 20.0 Å². The highest BCUT2D eigenvalue weighted by molar-refractivity contribution is 14.1. The third kappa shape index (κ3) is 7.57. The van der Waals surface area contributed by atoms with Crippen LogP contribution in [0.1, 0.15) is 11.1 Å². The molecular weight excluding hydrogens is 764 g/mol. The standard InChI is InChI=1S/C14H10FIN2.C7H6BrF.C7H5IN2/c15-13-4-2-1-3-10(13)9-18-14-6-5-12(16)7-11(14)8-17-18;8-5-6-3-1-2-4-7(6)9;8-6-1-2-7-5(3-6)4-9-10-7/h1-8H,9H2;1-4H,5H2;1-4H,(H,9,10). The van der Waals surface area contributed by atoms with Crippen LogP contribution in [0.2, 0.25) is 0 Å². The number of H-pyrrole nitrogens is 1. The molecule has 0 spiro atoms. The van der Waals surface area contributed by atoms with Crippen LogP contribution in [0.15, 0.2) is 97.3 Å². The molecule has 6 rings (SSSR count). The van der Waals surface area contributed by atoms with Crippen LogP contribution in [-0.2, 0) is 11.9 Å². The molecule has 0 saturated carbocycles. The molecule has 4 aromatic carbocycles. The Morgan fingerprint density at radius 3 is 2.03 bits per heavy atom. The van der Waals surface area contributed by atoms with Crippen molar-refractivity contribution in [1.29, 1.82) is 0 Å². The Labute approximate surface area is 248 Å². The number of halogens is 5. The van der Waals surface area contributed by atoms with Crippen molar-refractivity contribution in [3.05, 3.63) is 127 Å². The number of benzene rings is 4. The highest BCUT2D eigenvalue weighted by Gasteiger charge is 2.06. The predicted octanol–water partition coefficient (Wildman–Crippen LogP) is 8.72.